The van der Waals surface area contributed by atoms with E-state index in [1.807, 2.05) is 18.5 Å². The van der Waals surface area contributed by atoms with Crippen LogP contribution >= 0.6 is 0 Å². The highest BCUT2D eigenvalue weighted by atomic mass is 16.1. The molecule has 0 bridgehead atoms. The Morgan fingerprint density at radius 1 is 1.29 bits per heavy atom. The van der Waals surface area contributed by atoms with Crippen LogP contribution in [0.1, 0.15) is 61.8 Å². The lowest BCUT2D eigenvalue weighted by Gasteiger charge is -2.14. The summed E-state index contributed by atoms with van der Waals surface area (Å²) in [6, 6.07) is 0.355. The Labute approximate surface area is 124 Å². The fraction of sp³-hybridized carbons (Fsp3) is 0.562. The number of amides is 1. The molecule has 2 heterocycles. The molecule has 0 spiro atoms. The Bertz CT molecular complexity index is 700. The third-order valence-corrected chi connectivity index (χ3v) is 3.91. The summed E-state index contributed by atoms with van der Waals surface area (Å²) >= 11 is 0. The smallest absolute Gasteiger partial charge is 0.252 e. The number of nitrogens with one attached hydrogen (secondary N) is 1. The normalized spacial score (nSPS) is 14.2. The molecular formula is C16H22N4O. The molecule has 1 aliphatic rings. The first-order chi connectivity index (χ1) is 9.99. The number of carbonyl (C=O) groups excluding carboxylic acids is 1. The number of aryl methyl sites for hydroxylation is 1. The monoisotopic (exact) mass is 286 g/mol. The molecule has 1 N–H and O–H groups in total. The summed E-state index contributed by atoms with van der Waals surface area (Å²) in [5.41, 5.74) is 3.80. The second-order valence-corrected chi connectivity index (χ2v) is 6.31. The van der Waals surface area contributed by atoms with Crippen LogP contribution < -0.4 is 5.32 Å². The Morgan fingerprint density at radius 2 is 2.05 bits per heavy atom. The molecule has 0 aromatic carbocycles. The molecule has 2 aromatic heterocycles. The van der Waals surface area contributed by atoms with Crippen LogP contribution in [-0.2, 0) is 12.8 Å². The Hall–Kier alpha value is -1.91. The predicted octanol–water partition coefficient (Wildman–Crippen LogP) is 2.64. The number of pyridine rings is 1. The van der Waals surface area contributed by atoms with Crippen molar-refractivity contribution in [2.75, 3.05) is 0 Å². The van der Waals surface area contributed by atoms with Gasteiger partial charge in [-0.25, -0.2) is 9.67 Å². The molecule has 2 aromatic rings. The minimum atomic E-state index is -0.00106. The van der Waals surface area contributed by atoms with Crippen LogP contribution in [0, 0.1) is 0 Å². The summed E-state index contributed by atoms with van der Waals surface area (Å²) in [6.07, 6.45) is 4.75. The zero-order valence-corrected chi connectivity index (χ0v) is 13.1. The van der Waals surface area contributed by atoms with E-state index in [2.05, 4.69) is 24.3 Å². The van der Waals surface area contributed by atoms with Crippen LogP contribution in [0.4, 0.5) is 0 Å². The number of fused-ring (bicyclic) bond motifs is 2. The van der Waals surface area contributed by atoms with Crippen LogP contribution in [-0.4, -0.2) is 26.7 Å². The summed E-state index contributed by atoms with van der Waals surface area (Å²) in [4.78, 5) is 17.4. The summed E-state index contributed by atoms with van der Waals surface area (Å²) in [5, 5.41) is 8.32. The van der Waals surface area contributed by atoms with Crippen LogP contribution in [0.2, 0.25) is 0 Å². The number of nitrogens with zero attached hydrogens (tertiary/aromatic N) is 3. The summed E-state index contributed by atoms with van der Waals surface area (Å²) in [5.74, 6) is -0.00106. The Kier molecular flexibility index (Phi) is 3.43. The van der Waals surface area contributed by atoms with E-state index < -0.39 is 0 Å². The first-order valence-electron chi connectivity index (χ1n) is 7.69. The second-order valence-electron chi connectivity index (χ2n) is 6.31. The van der Waals surface area contributed by atoms with Gasteiger partial charge in [0.2, 0.25) is 0 Å². The maximum absolute atomic E-state index is 12.6. The molecule has 0 saturated heterocycles. The third kappa shape index (κ3) is 2.30. The highest BCUT2D eigenvalue weighted by molar-refractivity contribution is 6.07. The summed E-state index contributed by atoms with van der Waals surface area (Å²) in [6.45, 7) is 8.12. The van der Waals surface area contributed by atoms with Gasteiger partial charge in [-0.3, -0.25) is 4.79 Å². The zero-order valence-electron chi connectivity index (χ0n) is 13.1. The van der Waals surface area contributed by atoms with Gasteiger partial charge in [0.15, 0.2) is 5.65 Å². The van der Waals surface area contributed by atoms with Gasteiger partial charge in [-0.15, -0.1) is 0 Å². The molecule has 0 fully saturated rings. The minimum Gasteiger partial charge on any atom is -0.350 e. The van der Waals surface area contributed by atoms with E-state index >= 15 is 0 Å². The standard InChI is InChI=1S/C16H22N4O/c1-9(2)18-16(21)14-11-6-5-7-13(11)19-15-12(14)8-17-20(15)10(3)4/h8-10H,5-7H2,1-4H3,(H,18,21). The number of hydrogen-bond acceptors (Lipinski definition) is 3. The molecule has 5 heteroatoms. The molecule has 1 amide bonds. The van der Waals surface area contributed by atoms with Gasteiger partial charge in [0.05, 0.1) is 17.1 Å². The molecule has 1 aliphatic carbocycles. The van der Waals surface area contributed by atoms with Crippen molar-refractivity contribution in [1.29, 1.82) is 0 Å². The molecule has 0 aliphatic heterocycles. The third-order valence-electron chi connectivity index (χ3n) is 3.91. The fourth-order valence-corrected chi connectivity index (χ4v) is 3.03. The van der Waals surface area contributed by atoms with Gasteiger partial charge in [-0.2, -0.15) is 5.10 Å². The molecule has 0 atom stereocenters. The minimum absolute atomic E-state index is 0.00106. The van der Waals surface area contributed by atoms with Gasteiger partial charge in [0, 0.05) is 17.8 Å². The fourth-order valence-electron chi connectivity index (χ4n) is 3.03. The second kappa shape index (κ2) is 5.13. The molecule has 0 unspecified atom stereocenters. The van der Waals surface area contributed by atoms with E-state index in [1.165, 1.54) is 0 Å². The zero-order chi connectivity index (χ0) is 15.1. The number of aromatic nitrogens is 3. The van der Waals surface area contributed by atoms with Crippen LogP contribution in [0.25, 0.3) is 11.0 Å². The van der Waals surface area contributed by atoms with Crippen molar-refractivity contribution < 1.29 is 4.79 Å². The first-order valence-corrected chi connectivity index (χ1v) is 7.69. The lowest BCUT2D eigenvalue weighted by atomic mass is 10.0. The average molecular weight is 286 g/mol. The topological polar surface area (TPSA) is 59.8 Å². The maximum Gasteiger partial charge on any atom is 0.252 e. The van der Waals surface area contributed by atoms with Gasteiger partial charge in [0.25, 0.3) is 5.91 Å². The van der Waals surface area contributed by atoms with Crippen molar-refractivity contribution in [2.45, 2.75) is 59.0 Å². The molecule has 5 nitrogen and oxygen atoms in total. The molecule has 112 valence electrons. The predicted molar refractivity (Wildman–Crippen MR) is 82.5 cm³/mol. The molecule has 3 rings (SSSR count). The van der Waals surface area contributed by atoms with E-state index in [-0.39, 0.29) is 18.0 Å². The lowest BCUT2D eigenvalue weighted by Crippen LogP contribution is -2.31. The summed E-state index contributed by atoms with van der Waals surface area (Å²) < 4.78 is 1.90. The van der Waals surface area contributed by atoms with Crippen molar-refractivity contribution in [2.24, 2.45) is 0 Å². The molecule has 0 saturated carbocycles. The van der Waals surface area contributed by atoms with Gasteiger partial charge < -0.3 is 5.32 Å². The average Bonchev–Trinajstić information content (AvgIpc) is 2.99. The highest BCUT2D eigenvalue weighted by Crippen LogP contribution is 2.30. The van der Waals surface area contributed by atoms with Crippen molar-refractivity contribution in [3.8, 4) is 0 Å². The SMILES string of the molecule is CC(C)NC(=O)c1c2c(nc3c1cnn3C(C)C)CCC2. The quantitative estimate of drug-likeness (QED) is 0.943. The lowest BCUT2D eigenvalue weighted by molar-refractivity contribution is 0.0944. The van der Waals surface area contributed by atoms with E-state index in [0.717, 1.165) is 47.1 Å². The van der Waals surface area contributed by atoms with Crippen molar-refractivity contribution >= 4 is 16.9 Å². The van der Waals surface area contributed by atoms with E-state index in [0.29, 0.717) is 0 Å². The Balaban J connectivity index is 2.23. The van der Waals surface area contributed by atoms with Gasteiger partial charge in [-0.05, 0) is 52.5 Å². The van der Waals surface area contributed by atoms with Crippen molar-refractivity contribution in [3.63, 3.8) is 0 Å². The number of rotatable bonds is 3. The van der Waals surface area contributed by atoms with Crippen LogP contribution in [0.5, 0.6) is 0 Å². The van der Waals surface area contributed by atoms with E-state index in [1.54, 1.807) is 6.20 Å². The van der Waals surface area contributed by atoms with E-state index in [4.69, 9.17) is 4.98 Å². The molecule has 21 heavy (non-hydrogen) atoms. The highest BCUT2D eigenvalue weighted by Gasteiger charge is 2.26. The number of carbonyl (C=O) groups is 1. The molecular weight excluding hydrogens is 264 g/mol. The van der Waals surface area contributed by atoms with Crippen LogP contribution in [0.15, 0.2) is 6.20 Å². The van der Waals surface area contributed by atoms with Crippen LogP contribution in [0.3, 0.4) is 0 Å². The van der Waals surface area contributed by atoms with Gasteiger partial charge in [-0.1, -0.05) is 0 Å². The van der Waals surface area contributed by atoms with Gasteiger partial charge >= 0.3 is 0 Å². The van der Waals surface area contributed by atoms with Crippen molar-refractivity contribution in [1.82, 2.24) is 20.1 Å². The summed E-state index contributed by atoms with van der Waals surface area (Å²) in [7, 11) is 0. The number of hydrogen-bond donors (Lipinski definition) is 1. The van der Waals surface area contributed by atoms with Crippen molar-refractivity contribution in [3.05, 3.63) is 23.0 Å². The Morgan fingerprint density at radius 3 is 2.71 bits per heavy atom. The largest absolute Gasteiger partial charge is 0.350 e. The first kappa shape index (κ1) is 14.0. The van der Waals surface area contributed by atoms with Gasteiger partial charge in [0.1, 0.15) is 0 Å². The maximum atomic E-state index is 12.6. The van der Waals surface area contributed by atoms with E-state index in [9.17, 15) is 4.79 Å². The molecule has 0 radical (unpaired) electrons.